The van der Waals surface area contributed by atoms with Gasteiger partial charge in [0.25, 0.3) is 5.91 Å². The monoisotopic (exact) mass is 294 g/mol. The summed E-state index contributed by atoms with van der Waals surface area (Å²) in [5.41, 5.74) is 5.62. The smallest absolute Gasteiger partial charge is 0.272 e. The first-order valence-corrected chi connectivity index (χ1v) is 7.39. The number of hydrogen-bond acceptors (Lipinski definition) is 5. The number of carbonyl (C=O) groups is 1. The maximum atomic E-state index is 12.4. The van der Waals surface area contributed by atoms with Gasteiger partial charge in [-0.25, -0.2) is 0 Å². The zero-order valence-electron chi connectivity index (χ0n) is 12.7. The molecule has 6 nitrogen and oxygen atoms in total. The van der Waals surface area contributed by atoms with Crippen LogP contribution in [0.3, 0.4) is 0 Å². The van der Waals surface area contributed by atoms with Gasteiger partial charge in [0.1, 0.15) is 5.71 Å². The van der Waals surface area contributed by atoms with E-state index in [2.05, 4.69) is 0 Å². The average Bonchev–Trinajstić information content (AvgIpc) is 2.53. The number of hydrogen-bond donors (Lipinski definition) is 3. The van der Waals surface area contributed by atoms with Crippen molar-refractivity contribution < 1.29 is 9.53 Å². The third kappa shape index (κ3) is 5.40. The Bertz CT molecular complexity index is 387. The van der Waals surface area contributed by atoms with Gasteiger partial charge in [0, 0.05) is 25.9 Å². The lowest BCUT2D eigenvalue weighted by atomic mass is 9.85. The molecule has 1 amide bonds. The summed E-state index contributed by atoms with van der Waals surface area (Å²) in [5.74, 6) is 0.263. The maximum Gasteiger partial charge on any atom is 0.272 e. The number of nitrogens with zero attached hydrogens (tertiary/aromatic N) is 1. The Hall–Kier alpha value is -1.53. The van der Waals surface area contributed by atoms with Crippen molar-refractivity contribution in [3.63, 3.8) is 0 Å². The fraction of sp³-hybridized carbons (Fsp3) is 0.667. The van der Waals surface area contributed by atoms with Crippen molar-refractivity contribution in [2.24, 2.45) is 11.7 Å². The Morgan fingerprint density at radius 1 is 1.38 bits per heavy atom. The highest BCUT2D eigenvalue weighted by Crippen LogP contribution is 2.27. The van der Waals surface area contributed by atoms with Crippen LogP contribution in [0.1, 0.15) is 25.7 Å². The van der Waals surface area contributed by atoms with Crippen LogP contribution in [-0.4, -0.2) is 55.6 Å². The zero-order valence-corrected chi connectivity index (χ0v) is 12.7. The molecule has 0 aromatic rings. The van der Waals surface area contributed by atoms with Gasteiger partial charge < -0.3 is 20.8 Å². The number of nitrogens with one attached hydrogen (secondary N) is 2. The molecule has 4 N–H and O–H groups in total. The highest BCUT2D eigenvalue weighted by atomic mass is 16.5. The fourth-order valence-electron chi connectivity index (χ4n) is 2.70. The summed E-state index contributed by atoms with van der Waals surface area (Å²) in [5, 5.41) is 14.7. The van der Waals surface area contributed by atoms with E-state index in [-0.39, 0.29) is 17.7 Å². The van der Waals surface area contributed by atoms with E-state index in [0.717, 1.165) is 31.9 Å². The summed E-state index contributed by atoms with van der Waals surface area (Å²) >= 11 is 0. The number of methoxy groups -OCH3 is 1. The molecule has 0 unspecified atom stereocenters. The first-order chi connectivity index (χ1) is 10.1. The van der Waals surface area contributed by atoms with Crippen molar-refractivity contribution in [2.45, 2.75) is 31.7 Å². The zero-order chi connectivity index (χ0) is 15.7. The SMILES string of the molecule is COCCN(C(=O)C(=N)/C=C\C=N)C1CCC(CN)CC1. The number of carbonyl (C=O) groups excluding carboxylic acids is 1. The summed E-state index contributed by atoms with van der Waals surface area (Å²) in [7, 11) is 1.61. The lowest BCUT2D eigenvalue weighted by molar-refractivity contribution is -0.127. The predicted molar refractivity (Wildman–Crippen MR) is 84.0 cm³/mol. The van der Waals surface area contributed by atoms with E-state index in [1.165, 1.54) is 12.2 Å². The summed E-state index contributed by atoms with van der Waals surface area (Å²) in [6.07, 6.45) is 7.73. The molecular formula is C15H26N4O2. The minimum Gasteiger partial charge on any atom is -0.383 e. The third-order valence-corrected chi connectivity index (χ3v) is 3.98. The van der Waals surface area contributed by atoms with Crippen LogP contribution in [0.2, 0.25) is 0 Å². The second-order valence-electron chi connectivity index (χ2n) is 5.34. The van der Waals surface area contributed by atoms with E-state index >= 15 is 0 Å². The molecule has 1 rings (SSSR count). The molecule has 0 saturated heterocycles. The Labute approximate surface area is 126 Å². The second-order valence-corrected chi connectivity index (χ2v) is 5.34. The molecule has 0 aromatic carbocycles. The standard InChI is InChI=1S/C15H26N4O2/c1-21-10-9-19(15(20)14(18)3-2-8-16)13-6-4-12(11-17)5-7-13/h2-3,8,12-13,16,18H,4-7,9-11,17H2,1H3/b3-2-,16-8?,18-14?. The van der Waals surface area contributed by atoms with Crippen molar-refractivity contribution in [3.05, 3.63) is 12.2 Å². The molecule has 6 heteroatoms. The summed E-state index contributed by atoms with van der Waals surface area (Å²) in [6, 6.07) is 0.157. The molecule has 1 aliphatic rings. The molecule has 1 saturated carbocycles. The molecule has 0 atom stereocenters. The first-order valence-electron chi connectivity index (χ1n) is 7.39. The van der Waals surface area contributed by atoms with E-state index in [4.69, 9.17) is 21.3 Å². The Morgan fingerprint density at radius 3 is 2.57 bits per heavy atom. The van der Waals surface area contributed by atoms with Gasteiger partial charge >= 0.3 is 0 Å². The molecular weight excluding hydrogens is 268 g/mol. The molecule has 21 heavy (non-hydrogen) atoms. The highest BCUT2D eigenvalue weighted by molar-refractivity contribution is 6.42. The van der Waals surface area contributed by atoms with E-state index in [1.54, 1.807) is 12.0 Å². The van der Waals surface area contributed by atoms with Crippen molar-refractivity contribution in [3.8, 4) is 0 Å². The van der Waals surface area contributed by atoms with Crippen molar-refractivity contribution in [2.75, 3.05) is 26.8 Å². The van der Waals surface area contributed by atoms with Gasteiger partial charge in [-0.2, -0.15) is 0 Å². The van der Waals surface area contributed by atoms with Crippen LogP contribution in [0.4, 0.5) is 0 Å². The molecule has 118 valence electrons. The third-order valence-electron chi connectivity index (χ3n) is 3.98. The normalized spacial score (nSPS) is 22.2. The van der Waals surface area contributed by atoms with Crippen molar-refractivity contribution in [1.82, 2.24) is 4.90 Å². The van der Waals surface area contributed by atoms with Crippen LogP contribution < -0.4 is 5.73 Å². The van der Waals surface area contributed by atoms with Crippen LogP contribution in [-0.2, 0) is 9.53 Å². The molecule has 0 bridgehead atoms. The van der Waals surface area contributed by atoms with Gasteiger partial charge in [-0.05, 0) is 50.3 Å². The minimum atomic E-state index is -0.290. The van der Waals surface area contributed by atoms with Gasteiger partial charge in [-0.1, -0.05) is 0 Å². The molecule has 0 spiro atoms. The first kappa shape index (κ1) is 17.5. The van der Waals surface area contributed by atoms with Crippen LogP contribution in [0.25, 0.3) is 0 Å². The molecule has 1 aliphatic carbocycles. The van der Waals surface area contributed by atoms with Gasteiger partial charge in [-0.3, -0.25) is 10.2 Å². The van der Waals surface area contributed by atoms with Gasteiger partial charge in [0.15, 0.2) is 0 Å². The summed E-state index contributed by atoms with van der Waals surface area (Å²) in [4.78, 5) is 14.1. The summed E-state index contributed by atoms with van der Waals surface area (Å²) in [6.45, 7) is 1.66. The van der Waals surface area contributed by atoms with Crippen LogP contribution in [0.5, 0.6) is 0 Å². The summed E-state index contributed by atoms with van der Waals surface area (Å²) < 4.78 is 5.08. The average molecular weight is 294 g/mol. The number of ether oxygens (including phenoxy) is 1. The second kappa shape index (κ2) is 9.41. The number of allylic oxidation sites excluding steroid dienone is 1. The molecule has 0 heterocycles. The Kier molecular flexibility index (Phi) is 7.85. The van der Waals surface area contributed by atoms with Crippen molar-refractivity contribution in [1.29, 1.82) is 10.8 Å². The predicted octanol–water partition coefficient (Wildman–Crippen LogP) is 1.20. The van der Waals surface area contributed by atoms with E-state index < -0.39 is 0 Å². The quantitative estimate of drug-likeness (QED) is 0.586. The Morgan fingerprint density at radius 2 is 2.05 bits per heavy atom. The topological polar surface area (TPSA) is 103 Å². The lowest BCUT2D eigenvalue weighted by Crippen LogP contribution is -2.47. The van der Waals surface area contributed by atoms with Crippen molar-refractivity contribution >= 4 is 17.8 Å². The minimum absolute atomic E-state index is 0.0875. The van der Waals surface area contributed by atoms with E-state index in [9.17, 15) is 4.79 Å². The van der Waals surface area contributed by atoms with Gasteiger partial charge in [0.05, 0.1) is 6.61 Å². The largest absolute Gasteiger partial charge is 0.383 e. The Balaban J connectivity index is 2.70. The number of nitrogens with two attached hydrogens (primary N) is 1. The van der Waals surface area contributed by atoms with Crippen LogP contribution in [0, 0.1) is 16.7 Å². The molecule has 1 fully saturated rings. The number of amides is 1. The molecule has 0 radical (unpaired) electrons. The van der Waals surface area contributed by atoms with E-state index in [1.807, 2.05) is 0 Å². The highest BCUT2D eigenvalue weighted by Gasteiger charge is 2.29. The fourth-order valence-corrected chi connectivity index (χ4v) is 2.70. The number of rotatable bonds is 8. The molecule has 0 aliphatic heterocycles. The van der Waals surface area contributed by atoms with E-state index in [0.29, 0.717) is 25.6 Å². The van der Waals surface area contributed by atoms with Crippen LogP contribution >= 0.6 is 0 Å². The lowest BCUT2D eigenvalue weighted by Gasteiger charge is -2.36. The van der Waals surface area contributed by atoms with Crippen LogP contribution in [0.15, 0.2) is 12.2 Å². The van der Waals surface area contributed by atoms with Gasteiger partial charge in [0.2, 0.25) is 0 Å². The van der Waals surface area contributed by atoms with Gasteiger partial charge in [-0.15, -0.1) is 0 Å². The molecule has 0 aromatic heterocycles. The maximum absolute atomic E-state index is 12.4.